The van der Waals surface area contributed by atoms with Crippen LogP contribution in [0, 0.1) is 15.9 Å². The van der Waals surface area contributed by atoms with Gasteiger partial charge in [-0.3, -0.25) is 10.1 Å². The summed E-state index contributed by atoms with van der Waals surface area (Å²) < 4.78 is 19.3. The number of benzene rings is 1. The zero-order chi connectivity index (χ0) is 15.6. The molecule has 2 aromatic rings. The van der Waals surface area contributed by atoms with Gasteiger partial charge in [0.25, 0.3) is 11.6 Å². The Morgan fingerprint density at radius 1 is 1.43 bits per heavy atom. The molecule has 0 fully saturated rings. The maximum Gasteiger partial charge on any atom is 0.338 e. The fraction of sp³-hybridized carbons (Fsp3) is 0. The number of hydrogen-bond donors (Lipinski definition) is 1. The van der Waals surface area contributed by atoms with Gasteiger partial charge in [0.1, 0.15) is 11.3 Å². The standard InChI is InChI=1S/C12H6BrFN2O5/c13-6-3-7(16(19)20)5-8(4-6)21-11-10(14)9(12(17)18)1-2-15-11/h1-5H,(H,17,18). The van der Waals surface area contributed by atoms with Gasteiger partial charge in [0.05, 0.1) is 11.0 Å². The molecule has 1 heterocycles. The highest BCUT2D eigenvalue weighted by atomic mass is 79.9. The number of ether oxygens (including phenoxy) is 1. The normalized spacial score (nSPS) is 10.2. The van der Waals surface area contributed by atoms with Gasteiger partial charge in [0, 0.05) is 16.7 Å². The molecule has 0 aliphatic rings. The second kappa shape index (κ2) is 5.83. The van der Waals surface area contributed by atoms with Crippen LogP contribution in [-0.4, -0.2) is 21.0 Å². The van der Waals surface area contributed by atoms with Crippen LogP contribution in [0.1, 0.15) is 10.4 Å². The minimum atomic E-state index is -1.47. The van der Waals surface area contributed by atoms with Crippen molar-refractivity contribution in [3.05, 3.63) is 56.4 Å². The molecule has 1 aromatic heterocycles. The molecule has 1 aromatic carbocycles. The number of carboxylic acids is 1. The predicted molar refractivity (Wildman–Crippen MR) is 72.0 cm³/mol. The van der Waals surface area contributed by atoms with Crippen LogP contribution >= 0.6 is 15.9 Å². The van der Waals surface area contributed by atoms with Crippen molar-refractivity contribution in [1.82, 2.24) is 4.98 Å². The maximum absolute atomic E-state index is 13.9. The summed E-state index contributed by atoms with van der Waals surface area (Å²) >= 11 is 3.06. The SMILES string of the molecule is O=C(O)c1ccnc(Oc2cc(Br)cc([N+](=O)[O-])c2)c1F. The van der Waals surface area contributed by atoms with Crippen molar-refractivity contribution in [1.29, 1.82) is 0 Å². The summed E-state index contributed by atoms with van der Waals surface area (Å²) in [7, 11) is 0. The van der Waals surface area contributed by atoms with Crippen LogP contribution in [0.25, 0.3) is 0 Å². The lowest BCUT2D eigenvalue weighted by atomic mass is 10.2. The number of carboxylic acid groups (broad SMARTS) is 1. The number of nitrogens with zero attached hydrogens (tertiary/aromatic N) is 2. The number of nitro benzene ring substituents is 1. The van der Waals surface area contributed by atoms with Crippen molar-refractivity contribution >= 4 is 27.6 Å². The molecule has 0 aliphatic heterocycles. The Balaban J connectivity index is 2.41. The van der Waals surface area contributed by atoms with E-state index >= 15 is 0 Å². The minimum absolute atomic E-state index is 0.0509. The monoisotopic (exact) mass is 356 g/mol. The predicted octanol–water partition coefficient (Wildman–Crippen LogP) is 3.38. The maximum atomic E-state index is 13.9. The summed E-state index contributed by atoms with van der Waals surface area (Å²) in [5.74, 6) is -3.26. The fourth-order valence-corrected chi connectivity index (χ4v) is 1.94. The molecule has 0 radical (unpaired) electrons. The molecule has 0 aliphatic carbocycles. The van der Waals surface area contributed by atoms with Crippen molar-refractivity contribution in [3.63, 3.8) is 0 Å². The first kappa shape index (κ1) is 14.9. The zero-order valence-electron chi connectivity index (χ0n) is 10.1. The van der Waals surface area contributed by atoms with Gasteiger partial charge in [-0.25, -0.2) is 14.2 Å². The molecule has 1 N–H and O–H groups in total. The molecule has 0 saturated carbocycles. The van der Waals surface area contributed by atoms with Crippen LogP contribution < -0.4 is 4.74 Å². The summed E-state index contributed by atoms with van der Waals surface area (Å²) in [5, 5.41) is 19.5. The van der Waals surface area contributed by atoms with Crippen LogP contribution in [0.5, 0.6) is 11.6 Å². The van der Waals surface area contributed by atoms with Crippen molar-refractivity contribution < 1.29 is 24.0 Å². The number of hydrogen-bond acceptors (Lipinski definition) is 5. The Bertz CT molecular complexity index is 738. The van der Waals surface area contributed by atoms with E-state index in [2.05, 4.69) is 20.9 Å². The van der Waals surface area contributed by atoms with Crippen molar-refractivity contribution in [2.24, 2.45) is 0 Å². The first-order chi connectivity index (χ1) is 9.88. The summed E-state index contributed by atoms with van der Waals surface area (Å²) in [5.41, 5.74) is -0.876. The lowest BCUT2D eigenvalue weighted by Gasteiger charge is -2.07. The molecule has 21 heavy (non-hydrogen) atoms. The van der Waals surface area contributed by atoms with Gasteiger partial charge in [-0.1, -0.05) is 15.9 Å². The Morgan fingerprint density at radius 2 is 2.14 bits per heavy atom. The molecule has 2 rings (SSSR count). The van der Waals surface area contributed by atoms with Gasteiger partial charge in [0.15, 0.2) is 5.82 Å². The number of non-ortho nitro benzene ring substituents is 1. The number of nitro groups is 1. The van der Waals surface area contributed by atoms with Crippen LogP contribution in [-0.2, 0) is 0 Å². The highest BCUT2D eigenvalue weighted by Gasteiger charge is 2.18. The highest BCUT2D eigenvalue weighted by Crippen LogP contribution is 2.30. The number of aromatic nitrogens is 1. The molecule has 9 heteroatoms. The molecular weight excluding hydrogens is 351 g/mol. The average molecular weight is 357 g/mol. The Labute approximate surface area is 125 Å². The van der Waals surface area contributed by atoms with Gasteiger partial charge in [-0.15, -0.1) is 0 Å². The van der Waals surface area contributed by atoms with Gasteiger partial charge in [0.2, 0.25) is 0 Å². The van der Waals surface area contributed by atoms with Gasteiger partial charge in [-0.05, 0) is 12.1 Å². The molecule has 0 saturated heterocycles. The lowest BCUT2D eigenvalue weighted by molar-refractivity contribution is -0.385. The summed E-state index contributed by atoms with van der Waals surface area (Å²) in [6, 6.07) is 4.65. The van der Waals surface area contributed by atoms with E-state index in [1.54, 1.807) is 0 Å². The molecule has 108 valence electrons. The van der Waals surface area contributed by atoms with E-state index in [1.807, 2.05) is 0 Å². The van der Waals surface area contributed by atoms with Gasteiger partial charge < -0.3 is 9.84 Å². The van der Waals surface area contributed by atoms with E-state index < -0.39 is 28.2 Å². The summed E-state index contributed by atoms with van der Waals surface area (Å²) in [6.07, 6.45) is 1.06. The van der Waals surface area contributed by atoms with Crippen LogP contribution in [0.4, 0.5) is 10.1 Å². The first-order valence-corrected chi connectivity index (χ1v) is 6.18. The minimum Gasteiger partial charge on any atom is -0.478 e. The van der Waals surface area contributed by atoms with Crippen LogP contribution in [0.2, 0.25) is 0 Å². The van der Waals surface area contributed by atoms with E-state index in [0.29, 0.717) is 4.47 Å². The molecule has 0 bridgehead atoms. The van der Waals surface area contributed by atoms with Gasteiger partial charge in [-0.2, -0.15) is 0 Å². The number of rotatable bonds is 4. The fourth-order valence-electron chi connectivity index (χ4n) is 1.48. The van der Waals surface area contributed by atoms with E-state index in [4.69, 9.17) is 9.84 Å². The largest absolute Gasteiger partial charge is 0.478 e. The molecule has 0 spiro atoms. The van der Waals surface area contributed by atoms with E-state index in [9.17, 15) is 19.3 Å². The third kappa shape index (κ3) is 3.31. The molecule has 0 atom stereocenters. The second-order valence-electron chi connectivity index (χ2n) is 3.79. The van der Waals surface area contributed by atoms with Crippen LogP contribution in [0.3, 0.4) is 0 Å². The summed E-state index contributed by atoms with van der Waals surface area (Å²) in [4.78, 5) is 24.5. The van der Waals surface area contributed by atoms with Crippen LogP contribution in [0.15, 0.2) is 34.9 Å². The number of aromatic carboxylic acids is 1. The zero-order valence-corrected chi connectivity index (χ0v) is 11.7. The van der Waals surface area contributed by atoms with Gasteiger partial charge >= 0.3 is 5.97 Å². The van der Waals surface area contributed by atoms with E-state index in [1.165, 1.54) is 12.1 Å². The summed E-state index contributed by atoms with van der Waals surface area (Å²) in [6.45, 7) is 0. The highest BCUT2D eigenvalue weighted by molar-refractivity contribution is 9.10. The number of halogens is 2. The number of carbonyl (C=O) groups is 1. The Hall–Kier alpha value is -2.55. The Kier molecular flexibility index (Phi) is 4.13. The van der Waals surface area contributed by atoms with E-state index in [0.717, 1.165) is 18.3 Å². The third-order valence-corrected chi connectivity index (χ3v) is 2.83. The smallest absolute Gasteiger partial charge is 0.338 e. The van der Waals surface area contributed by atoms with E-state index in [-0.39, 0.29) is 11.4 Å². The second-order valence-corrected chi connectivity index (χ2v) is 4.70. The van der Waals surface area contributed by atoms with Crippen molar-refractivity contribution in [2.75, 3.05) is 0 Å². The molecule has 7 nitrogen and oxygen atoms in total. The number of pyridine rings is 1. The van der Waals surface area contributed by atoms with Crippen molar-refractivity contribution in [2.45, 2.75) is 0 Å². The topological polar surface area (TPSA) is 103 Å². The Morgan fingerprint density at radius 3 is 2.76 bits per heavy atom. The first-order valence-electron chi connectivity index (χ1n) is 5.39. The molecule has 0 amide bonds. The third-order valence-electron chi connectivity index (χ3n) is 2.37. The quantitative estimate of drug-likeness (QED) is 0.665. The van der Waals surface area contributed by atoms with Crippen molar-refractivity contribution in [3.8, 4) is 11.6 Å². The molecular formula is C12H6BrFN2O5. The lowest BCUT2D eigenvalue weighted by Crippen LogP contribution is -2.03. The molecule has 0 unspecified atom stereocenters. The average Bonchev–Trinajstić information content (AvgIpc) is 2.40.